The molecule has 2 N–H and O–H groups in total. The van der Waals surface area contributed by atoms with Crippen LogP contribution in [0.15, 0.2) is 16.5 Å². The Balaban J connectivity index is 1.84. The van der Waals surface area contributed by atoms with Crippen molar-refractivity contribution in [2.45, 2.75) is 24.5 Å². The van der Waals surface area contributed by atoms with Crippen molar-refractivity contribution in [2.24, 2.45) is 0 Å². The van der Waals surface area contributed by atoms with Gasteiger partial charge in [0, 0.05) is 11.8 Å². The van der Waals surface area contributed by atoms with Crippen molar-refractivity contribution < 1.29 is 19.1 Å². The van der Waals surface area contributed by atoms with E-state index in [0.29, 0.717) is 11.8 Å². The number of carbonyl (C=O) groups is 2. The molecule has 1 aliphatic rings. The molecule has 0 bridgehead atoms. The third-order valence-corrected chi connectivity index (χ3v) is 4.20. The van der Waals surface area contributed by atoms with Gasteiger partial charge in [-0.1, -0.05) is 6.42 Å². The van der Waals surface area contributed by atoms with Crippen LogP contribution in [0.2, 0.25) is 0 Å². The predicted octanol–water partition coefficient (Wildman–Crippen LogP) is 1.99. The molecule has 5 nitrogen and oxygen atoms in total. The minimum Gasteiger partial charge on any atom is -0.475 e. The Bertz CT molecular complexity index is 437. The third kappa shape index (κ3) is 3.29. The molecule has 2 rings (SSSR count). The van der Waals surface area contributed by atoms with E-state index in [1.54, 1.807) is 0 Å². The van der Waals surface area contributed by atoms with Gasteiger partial charge in [-0.2, -0.15) is 11.8 Å². The van der Waals surface area contributed by atoms with Gasteiger partial charge in [-0.3, -0.25) is 4.79 Å². The van der Waals surface area contributed by atoms with E-state index in [9.17, 15) is 9.59 Å². The van der Waals surface area contributed by atoms with Crippen molar-refractivity contribution in [3.8, 4) is 0 Å². The van der Waals surface area contributed by atoms with E-state index >= 15 is 0 Å². The van der Waals surface area contributed by atoms with Crippen molar-refractivity contribution in [2.75, 3.05) is 12.3 Å². The number of amides is 1. The molecular formula is C12H15NO4S. The molecule has 1 aliphatic heterocycles. The SMILES string of the molecule is O=C(O)c1ccc(C(=O)NCC2CCCCS2)o1. The Morgan fingerprint density at radius 2 is 2.17 bits per heavy atom. The van der Waals surface area contributed by atoms with Crippen LogP contribution in [-0.4, -0.2) is 34.5 Å². The zero-order valence-electron chi connectivity index (χ0n) is 9.85. The second-order valence-electron chi connectivity index (χ2n) is 4.17. The summed E-state index contributed by atoms with van der Waals surface area (Å²) < 4.78 is 4.93. The van der Waals surface area contributed by atoms with Crippen LogP contribution in [-0.2, 0) is 0 Å². The van der Waals surface area contributed by atoms with Crippen LogP contribution in [0.25, 0.3) is 0 Å². The molecule has 0 aromatic carbocycles. The Morgan fingerprint density at radius 1 is 1.39 bits per heavy atom. The maximum Gasteiger partial charge on any atom is 0.371 e. The number of hydrogen-bond acceptors (Lipinski definition) is 4. The topological polar surface area (TPSA) is 79.5 Å². The third-order valence-electron chi connectivity index (χ3n) is 2.80. The normalized spacial score (nSPS) is 19.4. The van der Waals surface area contributed by atoms with E-state index in [0.717, 1.165) is 12.2 Å². The van der Waals surface area contributed by atoms with Crippen LogP contribution in [0, 0.1) is 0 Å². The quantitative estimate of drug-likeness (QED) is 0.873. The Morgan fingerprint density at radius 3 is 2.78 bits per heavy atom. The molecule has 1 saturated heterocycles. The maximum absolute atomic E-state index is 11.7. The van der Waals surface area contributed by atoms with Gasteiger partial charge in [-0.15, -0.1) is 0 Å². The number of hydrogen-bond donors (Lipinski definition) is 2. The number of nitrogens with one attached hydrogen (secondary N) is 1. The summed E-state index contributed by atoms with van der Waals surface area (Å²) in [5.41, 5.74) is 0. The molecule has 6 heteroatoms. The van der Waals surface area contributed by atoms with Crippen molar-refractivity contribution in [1.82, 2.24) is 5.32 Å². The van der Waals surface area contributed by atoms with Gasteiger partial charge in [-0.05, 0) is 30.7 Å². The van der Waals surface area contributed by atoms with E-state index in [4.69, 9.17) is 9.52 Å². The highest BCUT2D eigenvalue weighted by atomic mass is 32.2. The van der Waals surface area contributed by atoms with Gasteiger partial charge in [0.1, 0.15) is 0 Å². The van der Waals surface area contributed by atoms with E-state index in [-0.39, 0.29) is 17.4 Å². The van der Waals surface area contributed by atoms with Crippen molar-refractivity contribution in [1.29, 1.82) is 0 Å². The molecule has 1 aromatic heterocycles. The molecule has 0 aliphatic carbocycles. The van der Waals surface area contributed by atoms with Crippen molar-refractivity contribution in [3.63, 3.8) is 0 Å². The first kappa shape index (κ1) is 13.0. The Kier molecular flexibility index (Phi) is 4.30. The van der Waals surface area contributed by atoms with Crippen LogP contribution in [0.3, 0.4) is 0 Å². The lowest BCUT2D eigenvalue weighted by atomic mass is 10.2. The molecule has 98 valence electrons. The van der Waals surface area contributed by atoms with Crippen LogP contribution in [0.1, 0.15) is 40.4 Å². The number of carboxylic acids is 1. The Labute approximate surface area is 109 Å². The number of carboxylic acid groups (broad SMARTS) is 1. The lowest BCUT2D eigenvalue weighted by Gasteiger charge is -2.21. The first-order valence-corrected chi connectivity index (χ1v) is 6.94. The number of carbonyl (C=O) groups excluding carboxylic acids is 1. The highest BCUT2D eigenvalue weighted by Gasteiger charge is 2.18. The van der Waals surface area contributed by atoms with Crippen LogP contribution in [0.5, 0.6) is 0 Å². The van der Waals surface area contributed by atoms with Crippen molar-refractivity contribution in [3.05, 3.63) is 23.7 Å². The summed E-state index contributed by atoms with van der Waals surface area (Å²) in [7, 11) is 0. The van der Waals surface area contributed by atoms with Gasteiger partial charge in [-0.25, -0.2) is 4.79 Å². The molecule has 0 spiro atoms. The summed E-state index contributed by atoms with van der Waals surface area (Å²) >= 11 is 1.87. The highest BCUT2D eigenvalue weighted by Crippen LogP contribution is 2.24. The predicted molar refractivity (Wildman–Crippen MR) is 68.1 cm³/mol. The minimum absolute atomic E-state index is 0.0493. The monoisotopic (exact) mass is 269 g/mol. The fraction of sp³-hybridized carbons (Fsp3) is 0.500. The number of rotatable bonds is 4. The first-order chi connectivity index (χ1) is 8.66. The second kappa shape index (κ2) is 5.95. The van der Waals surface area contributed by atoms with Gasteiger partial charge in [0.05, 0.1) is 0 Å². The molecule has 1 fully saturated rings. The summed E-state index contributed by atoms with van der Waals surface area (Å²) in [6, 6.07) is 2.67. The Hall–Kier alpha value is -1.43. The molecule has 2 heterocycles. The number of thioether (sulfide) groups is 1. The molecular weight excluding hydrogens is 254 g/mol. The summed E-state index contributed by atoms with van der Waals surface area (Å²) in [5.74, 6) is -0.546. The van der Waals surface area contributed by atoms with E-state index in [1.165, 1.54) is 25.0 Å². The largest absolute Gasteiger partial charge is 0.475 e. The molecule has 1 amide bonds. The zero-order valence-corrected chi connectivity index (χ0v) is 10.7. The lowest BCUT2D eigenvalue weighted by molar-refractivity contribution is 0.0659. The van der Waals surface area contributed by atoms with Crippen LogP contribution >= 0.6 is 11.8 Å². The van der Waals surface area contributed by atoms with Gasteiger partial charge in [0.25, 0.3) is 5.91 Å². The van der Waals surface area contributed by atoms with Gasteiger partial charge in [0.2, 0.25) is 5.76 Å². The first-order valence-electron chi connectivity index (χ1n) is 5.90. The molecule has 0 radical (unpaired) electrons. The standard InChI is InChI=1S/C12H15NO4S/c14-11(9-4-5-10(17-9)12(15)16)13-7-8-3-1-2-6-18-8/h4-5,8H,1-3,6-7H2,(H,13,14)(H,15,16). The fourth-order valence-corrected chi connectivity index (χ4v) is 3.08. The second-order valence-corrected chi connectivity index (χ2v) is 5.58. The van der Waals surface area contributed by atoms with Crippen LogP contribution in [0.4, 0.5) is 0 Å². The summed E-state index contributed by atoms with van der Waals surface area (Å²) in [5, 5.41) is 11.9. The van der Waals surface area contributed by atoms with E-state index in [1.807, 2.05) is 11.8 Å². The molecule has 0 saturated carbocycles. The van der Waals surface area contributed by atoms with Gasteiger partial charge >= 0.3 is 5.97 Å². The average molecular weight is 269 g/mol. The molecule has 18 heavy (non-hydrogen) atoms. The minimum atomic E-state index is -1.17. The lowest BCUT2D eigenvalue weighted by Crippen LogP contribution is -2.31. The summed E-state index contributed by atoms with van der Waals surface area (Å²) in [6.07, 6.45) is 3.57. The van der Waals surface area contributed by atoms with Crippen LogP contribution < -0.4 is 5.32 Å². The van der Waals surface area contributed by atoms with Crippen molar-refractivity contribution >= 4 is 23.6 Å². The highest BCUT2D eigenvalue weighted by molar-refractivity contribution is 7.99. The average Bonchev–Trinajstić information content (AvgIpc) is 2.87. The van der Waals surface area contributed by atoms with E-state index in [2.05, 4.69) is 5.32 Å². The maximum atomic E-state index is 11.7. The van der Waals surface area contributed by atoms with Gasteiger partial charge < -0.3 is 14.8 Å². The number of aromatic carboxylic acids is 1. The molecule has 1 aromatic rings. The van der Waals surface area contributed by atoms with E-state index < -0.39 is 5.97 Å². The summed E-state index contributed by atoms with van der Waals surface area (Å²) in [6.45, 7) is 0.604. The fourth-order valence-electron chi connectivity index (χ4n) is 1.84. The zero-order chi connectivity index (χ0) is 13.0. The molecule has 1 atom stereocenters. The summed E-state index contributed by atoms with van der Waals surface area (Å²) in [4.78, 5) is 22.3. The van der Waals surface area contributed by atoms with Gasteiger partial charge in [0.15, 0.2) is 5.76 Å². The number of furan rings is 1. The smallest absolute Gasteiger partial charge is 0.371 e. The molecule has 1 unspecified atom stereocenters.